The Hall–Kier alpha value is -2.72. The highest BCUT2D eigenvalue weighted by molar-refractivity contribution is 7.99. The van der Waals surface area contributed by atoms with Crippen LogP contribution in [0.3, 0.4) is 0 Å². The number of benzene rings is 1. The van der Waals surface area contributed by atoms with E-state index in [-0.39, 0.29) is 10.6 Å². The number of nitrogens with zero attached hydrogens (tertiary/aromatic N) is 3. The molecule has 3 N–H and O–H groups in total. The van der Waals surface area contributed by atoms with Crippen LogP contribution in [-0.2, 0) is 24.1 Å². The number of hydrogen-bond donors (Lipinski definition) is 2. The lowest BCUT2D eigenvalue weighted by atomic mass is 10.3. The van der Waals surface area contributed by atoms with E-state index < -0.39 is 15.9 Å². The van der Waals surface area contributed by atoms with E-state index in [1.165, 1.54) is 28.6 Å². The summed E-state index contributed by atoms with van der Waals surface area (Å²) in [4.78, 5) is 16.4. The molecule has 2 aromatic heterocycles. The molecule has 1 aromatic carbocycles. The summed E-state index contributed by atoms with van der Waals surface area (Å²) in [6, 6.07) is 8.19. The molecule has 0 fully saturated rings. The lowest BCUT2D eigenvalue weighted by Gasteiger charge is -2.07. The number of nitrogens with two attached hydrogens (primary N) is 1. The van der Waals surface area contributed by atoms with Crippen molar-refractivity contribution in [1.29, 1.82) is 0 Å². The molecule has 0 saturated heterocycles. The molecule has 136 valence electrons. The van der Waals surface area contributed by atoms with E-state index in [1.807, 2.05) is 17.8 Å². The second kappa shape index (κ2) is 6.89. The summed E-state index contributed by atoms with van der Waals surface area (Å²) in [5.74, 6) is -0.690. The Morgan fingerprint density at radius 1 is 1.19 bits per heavy atom. The predicted octanol–water partition coefficient (Wildman–Crippen LogP) is 1.81. The van der Waals surface area contributed by atoms with Gasteiger partial charge in [0.2, 0.25) is 0 Å². The molecule has 0 bridgehead atoms. The minimum Gasteiger partial charge on any atom is -0.364 e. The molecule has 3 aromatic rings. The van der Waals surface area contributed by atoms with Gasteiger partial charge < -0.3 is 14.9 Å². The van der Waals surface area contributed by atoms with Crippen molar-refractivity contribution in [3.05, 3.63) is 54.6 Å². The molecule has 0 radical (unpaired) electrons. The van der Waals surface area contributed by atoms with Crippen LogP contribution in [0.15, 0.2) is 63.9 Å². The van der Waals surface area contributed by atoms with Crippen molar-refractivity contribution >= 4 is 33.4 Å². The fraction of sp³-hybridized carbons (Fsp3) is 0.125. The van der Waals surface area contributed by atoms with Gasteiger partial charge in [0.1, 0.15) is 10.6 Å². The smallest absolute Gasteiger partial charge is 0.265 e. The third-order valence-corrected chi connectivity index (χ3v) is 6.07. The van der Waals surface area contributed by atoms with Crippen LogP contribution >= 0.6 is 11.8 Å². The van der Waals surface area contributed by atoms with E-state index in [2.05, 4.69) is 9.71 Å². The second-order valence-corrected chi connectivity index (χ2v) is 8.31. The van der Waals surface area contributed by atoms with Crippen LogP contribution in [0.4, 0.5) is 5.69 Å². The van der Waals surface area contributed by atoms with E-state index >= 15 is 0 Å². The minimum atomic E-state index is -3.82. The van der Waals surface area contributed by atoms with Crippen LogP contribution in [0, 0.1) is 0 Å². The van der Waals surface area contributed by atoms with E-state index in [4.69, 9.17) is 5.73 Å². The van der Waals surface area contributed by atoms with Crippen LogP contribution < -0.4 is 10.5 Å². The number of amides is 1. The first-order chi connectivity index (χ1) is 12.3. The number of primary amides is 1. The van der Waals surface area contributed by atoms with Gasteiger partial charge in [-0.2, -0.15) is 0 Å². The average Bonchev–Trinajstić information content (AvgIpc) is 3.16. The molecular formula is C16H17N5O3S2. The third-order valence-electron chi connectivity index (χ3n) is 3.64. The summed E-state index contributed by atoms with van der Waals surface area (Å²) in [7, 11) is -0.361. The lowest BCUT2D eigenvalue weighted by Crippen LogP contribution is -2.14. The maximum Gasteiger partial charge on any atom is 0.265 e. The number of imidazole rings is 1. The fourth-order valence-corrected chi connectivity index (χ4v) is 4.22. The molecule has 0 atom stereocenters. The van der Waals surface area contributed by atoms with Gasteiger partial charge in [-0.25, -0.2) is 13.4 Å². The van der Waals surface area contributed by atoms with Crippen molar-refractivity contribution in [3.8, 4) is 0 Å². The van der Waals surface area contributed by atoms with Crippen LogP contribution in [0.2, 0.25) is 0 Å². The number of hydrogen-bond acceptors (Lipinski definition) is 5. The monoisotopic (exact) mass is 391 g/mol. The second-order valence-electron chi connectivity index (χ2n) is 5.59. The topological polar surface area (TPSA) is 112 Å². The zero-order chi connectivity index (χ0) is 18.9. The minimum absolute atomic E-state index is 0.0275. The molecule has 0 aliphatic carbocycles. The third kappa shape index (κ3) is 3.75. The van der Waals surface area contributed by atoms with Gasteiger partial charge in [0, 0.05) is 43.3 Å². The van der Waals surface area contributed by atoms with Gasteiger partial charge in [0.15, 0.2) is 5.16 Å². The number of sulfonamides is 1. The number of carbonyl (C=O) groups excluding carboxylic acids is 1. The molecular weight excluding hydrogens is 374 g/mol. The number of aryl methyl sites for hydroxylation is 2. The van der Waals surface area contributed by atoms with Crippen molar-refractivity contribution in [2.45, 2.75) is 14.9 Å². The molecule has 0 spiro atoms. The largest absolute Gasteiger partial charge is 0.364 e. The Morgan fingerprint density at radius 3 is 2.42 bits per heavy atom. The normalized spacial score (nSPS) is 11.5. The highest BCUT2D eigenvalue weighted by Crippen LogP contribution is 2.27. The summed E-state index contributed by atoms with van der Waals surface area (Å²) in [6.07, 6.45) is 4.91. The molecule has 10 heteroatoms. The van der Waals surface area contributed by atoms with Crippen LogP contribution in [-0.4, -0.2) is 28.4 Å². The van der Waals surface area contributed by atoms with E-state index in [1.54, 1.807) is 37.5 Å². The predicted molar refractivity (Wildman–Crippen MR) is 98.5 cm³/mol. The number of anilines is 1. The van der Waals surface area contributed by atoms with Gasteiger partial charge in [-0.1, -0.05) is 11.8 Å². The molecule has 0 unspecified atom stereocenters. The standard InChI is InChI=1S/C16H17N5O3S2/c1-20-8-7-18-16(20)25-12-5-3-11(4-6-12)19-26(23,24)13-9-14(15(17)22)21(2)10-13/h3-10,19H,1-2H3,(H2,17,22). The molecule has 0 saturated carbocycles. The quantitative estimate of drug-likeness (QED) is 0.665. The van der Waals surface area contributed by atoms with Gasteiger partial charge in [0.25, 0.3) is 15.9 Å². The van der Waals surface area contributed by atoms with Crippen molar-refractivity contribution in [3.63, 3.8) is 0 Å². The van der Waals surface area contributed by atoms with Gasteiger partial charge >= 0.3 is 0 Å². The van der Waals surface area contributed by atoms with Crippen LogP contribution in [0.1, 0.15) is 10.5 Å². The van der Waals surface area contributed by atoms with E-state index in [0.29, 0.717) is 5.69 Å². The summed E-state index contributed by atoms with van der Waals surface area (Å²) >= 11 is 1.47. The van der Waals surface area contributed by atoms with Gasteiger partial charge in [-0.05, 0) is 30.3 Å². The molecule has 26 heavy (non-hydrogen) atoms. The first-order valence-electron chi connectivity index (χ1n) is 7.50. The molecule has 2 heterocycles. The van der Waals surface area contributed by atoms with Crippen molar-refractivity contribution in [1.82, 2.24) is 14.1 Å². The van der Waals surface area contributed by atoms with Crippen molar-refractivity contribution in [2.24, 2.45) is 19.8 Å². The van der Waals surface area contributed by atoms with Crippen molar-refractivity contribution < 1.29 is 13.2 Å². The number of rotatable bonds is 6. The number of nitrogens with one attached hydrogen (secondary N) is 1. The fourth-order valence-electron chi connectivity index (χ4n) is 2.29. The van der Waals surface area contributed by atoms with Gasteiger partial charge in [-0.3, -0.25) is 9.52 Å². The van der Waals surface area contributed by atoms with Gasteiger partial charge in [0.05, 0.1) is 0 Å². The maximum absolute atomic E-state index is 12.5. The van der Waals surface area contributed by atoms with Crippen LogP contribution in [0.5, 0.6) is 0 Å². The summed E-state index contributed by atoms with van der Waals surface area (Å²) in [6.45, 7) is 0. The van der Waals surface area contributed by atoms with Gasteiger partial charge in [-0.15, -0.1) is 0 Å². The zero-order valence-electron chi connectivity index (χ0n) is 14.1. The summed E-state index contributed by atoms with van der Waals surface area (Å²) < 4.78 is 30.7. The molecule has 0 aliphatic heterocycles. The molecule has 0 aliphatic rings. The first kappa shape index (κ1) is 18.1. The molecule has 1 amide bonds. The lowest BCUT2D eigenvalue weighted by molar-refractivity contribution is 0.0992. The Balaban J connectivity index is 1.76. The molecule has 3 rings (SSSR count). The Labute approximate surface area is 155 Å². The Kier molecular flexibility index (Phi) is 4.79. The Morgan fingerprint density at radius 2 is 1.88 bits per heavy atom. The summed E-state index contributed by atoms with van der Waals surface area (Å²) in [5, 5.41) is 0.835. The summed E-state index contributed by atoms with van der Waals surface area (Å²) in [5.41, 5.74) is 5.76. The van der Waals surface area contributed by atoms with Crippen LogP contribution in [0.25, 0.3) is 0 Å². The first-order valence-corrected chi connectivity index (χ1v) is 9.80. The Bertz CT molecular complexity index is 1050. The number of aromatic nitrogens is 3. The van der Waals surface area contributed by atoms with E-state index in [9.17, 15) is 13.2 Å². The van der Waals surface area contributed by atoms with E-state index in [0.717, 1.165) is 10.1 Å². The average molecular weight is 391 g/mol. The SMILES string of the molecule is Cn1cc(S(=O)(=O)Nc2ccc(Sc3nccn3C)cc2)cc1C(N)=O. The zero-order valence-corrected chi connectivity index (χ0v) is 15.7. The highest BCUT2D eigenvalue weighted by Gasteiger charge is 2.19. The molecule has 8 nitrogen and oxygen atoms in total. The van der Waals surface area contributed by atoms with Crippen molar-refractivity contribution in [2.75, 3.05) is 4.72 Å². The maximum atomic E-state index is 12.5. The number of carbonyl (C=O) groups is 1. The highest BCUT2D eigenvalue weighted by atomic mass is 32.2.